The molecule has 0 saturated carbocycles. The van der Waals surface area contributed by atoms with Crippen LogP contribution >= 0.6 is 12.2 Å². The molecule has 0 aliphatic rings. The Labute approximate surface area is 95.5 Å². The van der Waals surface area contributed by atoms with Crippen molar-refractivity contribution in [2.75, 3.05) is 0 Å². The maximum absolute atomic E-state index is 12.8. The van der Waals surface area contributed by atoms with Crippen LogP contribution in [0.2, 0.25) is 0 Å². The van der Waals surface area contributed by atoms with Crippen molar-refractivity contribution in [2.24, 2.45) is 0 Å². The van der Waals surface area contributed by atoms with Gasteiger partial charge in [-0.2, -0.15) is 13.2 Å². The van der Waals surface area contributed by atoms with E-state index in [-0.39, 0.29) is 5.56 Å². The third-order valence-corrected chi connectivity index (χ3v) is 2.24. The second kappa shape index (κ2) is 4.78. The zero-order chi connectivity index (χ0) is 12.3. The number of hydrogen-bond acceptors (Lipinski definition) is 1. The van der Waals surface area contributed by atoms with Crippen LogP contribution in [0.5, 0.6) is 0 Å². The first-order valence-corrected chi connectivity index (χ1v) is 4.89. The van der Waals surface area contributed by atoms with Crippen LogP contribution in [0.1, 0.15) is 24.1 Å². The third kappa shape index (κ3) is 2.91. The lowest BCUT2D eigenvalue weighted by Crippen LogP contribution is -2.20. The molecule has 0 fully saturated rings. The summed E-state index contributed by atoms with van der Waals surface area (Å²) in [5.74, 6) is -0.911. The predicted octanol–water partition coefficient (Wildman–Crippen LogP) is 3.45. The Morgan fingerprint density at radius 1 is 1.38 bits per heavy atom. The number of thiocarbonyl (C=S) groups is 1. The van der Waals surface area contributed by atoms with Crippen molar-refractivity contribution >= 4 is 17.7 Å². The zero-order valence-electron chi connectivity index (χ0n) is 8.31. The van der Waals surface area contributed by atoms with Crippen LogP contribution in [0.25, 0.3) is 0 Å². The Kier molecular flexibility index (Phi) is 3.85. The van der Waals surface area contributed by atoms with Gasteiger partial charge in [0.05, 0.1) is 11.1 Å². The smallest absolute Gasteiger partial charge is 0.376 e. The quantitative estimate of drug-likeness (QED) is 0.652. The van der Waals surface area contributed by atoms with Crippen LogP contribution < -0.4 is 5.32 Å². The lowest BCUT2D eigenvalue weighted by Gasteiger charge is -2.18. The number of nitrogens with one attached hydrogen (secondary N) is 1. The topological polar surface area (TPSA) is 12.0 Å². The third-order valence-electron chi connectivity index (χ3n) is 2.11. The van der Waals surface area contributed by atoms with E-state index in [1.165, 1.54) is 6.92 Å². The van der Waals surface area contributed by atoms with Crippen LogP contribution in [-0.2, 0) is 6.18 Å². The normalized spacial score (nSPS) is 13.3. The van der Waals surface area contributed by atoms with Crippen molar-refractivity contribution in [3.8, 4) is 0 Å². The molecule has 0 aromatic heterocycles. The van der Waals surface area contributed by atoms with Crippen molar-refractivity contribution in [1.82, 2.24) is 5.32 Å². The monoisotopic (exact) mass is 251 g/mol. The van der Waals surface area contributed by atoms with Crippen LogP contribution in [0.3, 0.4) is 0 Å². The summed E-state index contributed by atoms with van der Waals surface area (Å²) < 4.78 is 50.6. The van der Waals surface area contributed by atoms with Gasteiger partial charge in [0.25, 0.3) is 0 Å². The molecule has 0 saturated heterocycles. The molecule has 0 aliphatic heterocycles. The van der Waals surface area contributed by atoms with E-state index in [1.54, 1.807) is 0 Å². The van der Waals surface area contributed by atoms with E-state index in [0.29, 0.717) is 6.07 Å². The number of hydrogen-bond donors (Lipinski definition) is 1. The highest BCUT2D eigenvalue weighted by Crippen LogP contribution is 2.34. The van der Waals surface area contributed by atoms with Crippen molar-refractivity contribution in [3.05, 3.63) is 35.1 Å². The predicted molar refractivity (Wildman–Crippen MR) is 56.6 cm³/mol. The summed E-state index contributed by atoms with van der Waals surface area (Å²) in [5.41, 5.74) is 0.119. The molecule has 1 aromatic carbocycles. The number of halogens is 4. The van der Waals surface area contributed by atoms with Gasteiger partial charge in [-0.05, 0) is 24.6 Å². The van der Waals surface area contributed by atoms with Crippen molar-refractivity contribution in [3.63, 3.8) is 0 Å². The molecule has 0 heterocycles. The van der Waals surface area contributed by atoms with E-state index < -0.39 is 23.6 Å². The Morgan fingerprint density at radius 2 is 2.00 bits per heavy atom. The molecule has 6 heteroatoms. The van der Waals surface area contributed by atoms with E-state index in [1.807, 2.05) is 0 Å². The minimum Gasteiger partial charge on any atom is -0.376 e. The minimum atomic E-state index is -4.57. The van der Waals surface area contributed by atoms with Gasteiger partial charge >= 0.3 is 6.18 Å². The van der Waals surface area contributed by atoms with Crippen molar-refractivity contribution in [1.29, 1.82) is 0 Å². The molecule has 0 aliphatic carbocycles. The average Bonchev–Trinajstić information content (AvgIpc) is 2.16. The summed E-state index contributed by atoms with van der Waals surface area (Å²) >= 11 is 4.50. The van der Waals surface area contributed by atoms with E-state index >= 15 is 0 Å². The number of alkyl halides is 3. The molecule has 1 unspecified atom stereocenters. The maximum Gasteiger partial charge on any atom is 0.416 e. The zero-order valence-corrected chi connectivity index (χ0v) is 9.12. The molecule has 0 bridgehead atoms. The molecular weight excluding hydrogens is 242 g/mol. The lowest BCUT2D eigenvalue weighted by molar-refractivity contribution is -0.138. The summed E-state index contributed by atoms with van der Waals surface area (Å²) in [7, 11) is 0. The Hall–Kier alpha value is -1.17. The summed E-state index contributed by atoms with van der Waals surface area (Å²) in [5, 5.41) is 2.56. The summed E-state index contributed by atoms with van der Waals surface area (Å²) in [6, 6.07) is 1.97. The van der Waals surface area contributed by atoms with Gasteiger partial charge in [0.1, 0.15) is 5.82 Å². The molecule has 1 N–H and O–H groups in total. The SMILES string of the molecule is CC(NC=S)c1ccc(F)cc1C(F)(F)F. The molecule has 88 valence electrons. The van der Waals surface area contributed by atoms with Gasteiger partial charge in [-0.15, -0.1) is 0 Å². The number of benzene rings is 1. The van der Waals surface area contributed by atoms with E-state index in [2.05, 4.69) is 17.5 Å². The largest absolute Gasteiger partial charge is 0.416 e. The molecule has 1 atom stereocenters. The van der Waals surface area contributed by atoms with Crippen molar-refractivity contribution < 1.29 is 17.6 Å². The second-order valence-electron chi connectivity index (χ2n) is 3.24. The van der Waals surface area contributed by atoms with Crippen LogP contribution in [-0.4, -0.2) is 5.49 Å². The average molecular weight is 251 g/mol. The van der Waals surface area contributed by atoms with Crippen LogP contribution in [0.4, 0.5) is 17.6 Å². The van der Waals surface area contributed by atoms with Gasteiger partial charge in [-0.1, -0.05) is 18.3 Å². The molecule has 0 amide bonds. The fourth-order valence-electron chi connectivity index (χ4n) is 1.34. The summed E-state index contributed by atoms with van der Waals surface area (Å²) in [6.45, 7) is 1.52. The minimum absolute atomic E-state index is 0.0324. The fraction of sp³-hybridized carbons (Fsp3) is 0.300. The first-order valence-electron chi connectivity index (χ1n) is 4.42. The van der Waals surface area contributed by atoms with E-state index in [9.17, 15) is 17.6 Å². The standard InChI is InChI=1S/C10H9F4NS/c1-6(15-5-16)8-3-2-7(11)4-9(8)10(12,13)14/h2-6H,1H3,(H,15,16). The lowest BCUT2D eigenvalue weighted by atomic mass is 10.0. The van der Waals surface area contributed by atoms with Crippen molar-refractivity contribution in [2.45, 2.75) is 19.1 Å². The highest BCUT2D eigenvalue weighted by molar-refractivity contribution is 7.78. The summed E-state index contributed by atoms with van der Waals surface area (Å²) in [6.07, 6.45) is -4.57. The Bertz CT molecular complexity index is 389. The fourth-order valence-corrected chi connectivity index (χ4v) is 1.55. The highest BCUT2D eigenvalue weighted by atomic mass is 32.1. The van der Waals surface area contributed by atoms with Gasteiger partial charge in [-0.25, -0.2) is 4.39 Å². The van der Waals surface area contributed by atoms with Gasteiger partial charge < -0.3 is 5.32 Å². The van der Waals surface area contributed by atoms with Crippen LogP contribution in [0, 0.1) is 5.82 Å². The first-order chi connectivity index (χ1) is 7.36. The maximum atomic E-state index is 12.8. The van der Waals surface area contributed by atoms with E-state index in [0.717, 1.165) is 17.6 Å². The Morgan fingerprint density at radius 3 is 2.50 bits per heavy atom. The summed E-state index contributed by atoms with van der Waals surface area (Å²) in [4.78, 5) is 0. The molecule has 1 aromatic rings. The Balaban J connectivity index is 3.22. The highest BCUT2D eigenvalue weighted by Gasteiger charge is 2.34. The van der Waals surface area contributed by atoms with Gasteiger partial charge in [0, 0.05) is 6.04 Å². The van der Waals surface area contributed by atoms with Gasteiger partial charge in [-0.3, -0.25) is 0 Å². The molecule has 1 rings (SSSR count). The number of rotatable bonds is 3. The molecule has 1 nitrogen and oxygen atoms in total. The van der Waals surface area contributed by atoms with Gasteiger partial charge in [0.2, 0.25) is 0 Å². The molecule has 16 heavy (non-hydrogen) atoms. The molecule has 0 radical (unpaired) electrons. The first kappa shape index (κ1) is 12.9. The van der Waals surface area contributed by atoms with E-state index in [4.69, 9.17) is 0 Å². The van der Waals surface area contributed by atoms with Gasteiger partial charge in [0.15, 0.2) is 0 Å². The molecular formula is C10H9F4NS. The second-order valence-corrected chi connectivity index (χ2v) is 3.47. The molecule has 0 spiro atoms. The van der Waals surface area contributed by atoms with Crippen LogP contribution in [0.15, 0.2) is 18.2 Å².